The van der Waals surface area contributed by atoms with Crippen molar-refractivity contribution in [1.82, 2.24) is 0 Å². The second-order valence-corrected chi connectivity index (χ2v) is 4.07. The normalized spacial score (nSPS) is 13.4. The van der Waals surface area contributed by atoms with Crippen LogP contribution in [0.1, 0.15) is 17.5 Å². The Hall–Kier alpha value is -1.13. The zero-order valence-corrected chi connectivity index (χ0v) is 10.8. The molecule has 0 atom stereocenters. The van der Waals surface area contributed by atoms with Crippen LogP contribution in [0.5, 0.6) is 0 Å². The Morgan fingerprint density at radius 3 is 1.94 bits per heavy atom. The molecule has 4 nitrogen and oxygen atoms in total. The Labute approximate surface area is 112 Å². The molecule has 0 heterocycles. The van der Waals surface area contributed by atoms with E-state index >= 15 is 0 Å². The van der Waals surface area contributed by atoms with Crippen molar-refractivity contribution in [2.45, 2.75) is 19.3 Å². The topological polar surface area (TPSA) is 89.3 Å². The first kappa shape index (κ1) is 15.9. The lowest BCUT2D eigenvalue weighted by Gasteiger charge is -2.05. The van der Waals surface area contributed by atoms with Crippen molar-refractivity contribution in [3.63, 3.8) is 0 Å². The molecule has 0 radical (unpaired) electrons. The first-order valence-corrected chi connectivity index (χ1v) is 4.95. The fourth-order valence-electron chi connectivity index (χ4n) is 2.25. The number of halogens is 2. The minimum atomic E-state index is -0.759. The molecule has 96 valence electrons. The molecule has 0 amide bonds. The van der Waals surface area contributed by atoms with Crippen LogP contribution >= 0.6 is 24.8 Å². The Balaban J connectivity index is 0.00000128. The summed E-state index contributed by atoms with van der Waals surface area (Å²) >= 11 is 0. The summed E-state index contributed by atoms with van der Waals surface area (Å²) in [4.78, 5) is 10.6. The molecule has 0 fully saturated rings. The third kappa shape index (κ3) is 3.17. The van der Waals surface area contributed by atoms with Crippen LogP contribution in [0.25, 0.3) is 0 Å². The van der Waals surface area contributed by atoms with Gasteiger partial charge in [-0.1, -0.05) is 0 Å². The van der Waals surface area contributed by atoms with Gasteiger partial charge in [-0.05, 0) is 42.0 Å². The van der Waals surface area contributed by atoms with Crippen molar-refractivity contribution < 1.29 is 9.90 Å². The summed E-state index contributed by atoms with van der Waals surface area (Å²) in [6, 6.07) is 3.58. The van der Waals surface area contributed by atoms with Crippen LogP contribution in [0.3, 0.4) is 0 Å². The standard InChI is InChI=1S/C11H14N2O2.2ClH/c12-9-1-2-10(13)8-4-6(3-7(8)9)5-11(14)15;;/h1-2,6H,3-5,12-13H2,(H,14,15);2*1H. The summed E-state index contributed by atoms with van der Waals surface area (Å²) in [5.74, 6) is -0.616. The maximum atomic E-state index is 10.6. The van der Waals surface area contributed by atoms with Crippen molar-refractivity contribution in [2.24, 2.45) is 5.92 Å². The van der Waals surface area contributed by atoms with E-state index in [1.807, 2.05) is 0 Å². The quantitative estimate of drug-likeness (QED) is 0.721. The molecule has 6 heteroatoms. The van der Waals surface area contributed by atoms with E-state index in [4.69, 9.17) is 16.6 Å². The Morgan fingerprint density at radius 2 is 1.59 bits per heavy atom. The molecule has 1 aromatic carbocycles. The number of fused-ring (bicyclic) bond motifs is 1. The minimum Gasteiger partial charge on any atom is -0.481 e. The highest BCUT2D eigenvalue weighted by atomic mass is 35.5. The number of anilines is 2. The SMILES string of the molecule is Cl.Cl.Nc1ccc(N)c2c1CC(CC(=O)O)C2. The highest BCUT2D eigenvalue weighted by Gasteiger charge is 2.26. The van der Waals surface area contributed by atoms with Gasteiger partial charge in [-0.15, -0.1) is 24.8 Å². The van der Waals surface area contributed by atoms with E-state index in [1.165, 1.54) is 0 Å². The molecule has 5 N–H and O–H groups in total. The largest absolute Gasteiger partial charge is 0.481 e. The van der Waals surface area contributed by atoms with Crippen molar-refractivity contribution >= 4 is 42.2 Å². The molecule has 0 aromatic heterocycles. The molecule has 0 unspecified atom stereocenters. The Bertz CT molecular complexity index is 393. The lowest BCUT2D eigenvalue weighted by atomic mass is 10.0. The number of nitrogen functional groups attached to an aromatic ring is 2. The van der Waals surface area contributed by atoms with Crippen molar-refractivity contribution in [2.75, 3.05) is 11.5 Å². The van der Waals surface area contributed by atoms with Gasteiger partial charge in [0.05, 0.1) is 0 Å². The van der Waals surface area contributed by atoms with E-state index in [0.717, 1.165) is 35.3 Å². The van der Waals surface area contributed by atoms with E-state index in [0.29, 0.717) is 0 Å². The maximum Gasteiger partial charge on any atom is 0.303 e. The third-order valence-corrected chi connectivity index (χ3v) is 2.95. The zero-order valence-electron chi connectivity index (χ0n) is 9.18. The van der Waals surface area contributed by atoms with Gasteiger partial charge < -0.3 is 16.6 Å². The van der Waals surface area contributed by atoms with E-state index < -0.39 is 5.97 Å². The summed E-state index contributed by atoms with van der Waals surface area (Å²) in [5.41, 5.74) is 15.2. The first-order chi connectivity index (χ1) is 7.08. The monoisotopic (exact) mass is 278 g/mol. The number of carboxylic acids is 1. The second kappa shape index (κ2) is 5.98. The van der Waals surface area contributed by atoms with Crippen molar-refractivity contribution in [3.8, 4) is 0 Å². The number of hydrogen-bond acceptors (Lipinski definition) is 3. The van der Waals surface area contributed by atoms with Gasteiger partial charge in [0.1, 0.15) is 0 Å². The average molecular weight is 279 g/mol. The highest BCUT2D eigenvalue weighted by Crippen LogP contribution is 2.36. The fourth-order valence-corrected chi connectivity index (χ4v) is 2.25. The van der Waals surface area contributed by atoms with Gasteiger partial charge in [-0.2, -0.15) is 0 Å². The lowest BCUT2D eigenvalue weighted by molar-refractivity contribution is -0.138. The number of benzene rings is 1. The summed E-state index contributed by atoms with van der Waals surface area (Å²) in [5, 5.41) is 8.73. The molecule has 0 saturated heterocycles. The van der Waals surface area contributed by atoms with Crippen LogP contribution in [-0.2, 0) is 17.6 Å². The van der Waals surface area contributed by atoms with Crippen LogP contribution in [-0.4, -0.2) is 11.1 Å². The third-order valence-electron chi connectivity index (χ3n) is 2.95. The molecular weight excluding hydrogens is 263 g/mol. The predicted molar refractivity (Wildman–Crippen MR) is 72.9 cm³/mol. The van der Waals surface area contributed by atoms with Crippen LogP contribution in [0, 0.1) is 5.92 Å². The molecule has 0 bridgehead atoms. The van der Waals surface area contributed by atoms with Gasteiger partial charge in [-0.3, -0.25) is 4.79 Å². The second-order valence-electron chi connectivity index (χ2n) is 4.07. The number of hydrogen-bond donors (Lipinski definition) is 3. The predicted octanol–water partition coefficient (Wildman–Crippen LogP) is 1.88. The van der Waals surface area contributed by atoms with Gasteiger partial charge in [0.25, 0.3) is 0 Å². The molecule has 1 aliphatic rings. The summed E-state index contributed by atoms with van der Waals surface area (Å²) < 4.78 is 0. The van der Waals surface area contributed by atoms with E-state index in [-0.39, 0.29) is 37.2 Å². The minimum absolute atomic E-state index is 0. The first-order valence-electron chi connectivity index (χ1n) is 4.95. The van der Waals surface area contributed by atoms with E-state index in [2.05, 4.69) is 0 Å². The van der Waals surface area contributed by atoms with E-state index in [9.17, 15) is 4.79 Å². The van der Waals surface area contributed by atoms with Crippen LogP contribution < -0.4 is 11.5 Å². The maximum absolute atomic E-state index is 10.6. The van der Waals surface area contributed by atoms with Crippen molar-refractivity contribution in [1.29, 1.82) is 0 Å². The molecule has 2 rings (SSSR count). The van der Waals surface area contributed by atoms with Crippen LogP contribution in [0.15, 0.2) is 12.1 Å². The Kier molecular flexibility index (Phi) is 5.58. The number of carboxylic acid groups (broad SMARTS) is 1. The molecule has 0 aliphatic heterocycles. The smallest absolute Gasteiger partial charge is 0.303 e. The molecular formula is C11H16Cl2N2O2. The highest BCUT2D eigenvalue weighted by molar-refractivity contribution is 5.85. The number of carbonyl (C=O) groups is 1. The van der Waals surface area contributed by atoms with Crippen LogP contribution in [0.2, 0.25) is 0 Å². The molecule has 0 saturated carbocycles. The van der Waals surface area contributed by atoms with Crippen LogP contribution in [0.4, 0.5) is 11.4 Å². The van der Waals surface area contributed by atoms with Gasteiger partial charge in [-0.25, -0.2) is 0 Å². The average Bonchev–Trinajstić information content (AvgIpc) is 2.55. The molecule has 1 aromatic rings. The summed E-state index contributed by atoms with van der Waals surface area (Å²) in [6.07, 6.45) is 1.66. The molecule has 0 spiro atoms. The lowest BCUT2D eigenvalue weighted by Crippen LogP contribution is -2.07. The summed E-state index contributed by atoms with van der Waals surface area (Å²) in [6.45, 7) is 0. The number of rotatable bonds is 2. The van der Waals surface area contributed by atoms with Gasteiger partial charge in [0, 0.05) is 17.8 Å². The number of aliphatic carboxylic acids is 1. The number of nitrogens with two attached hydrogens (primary N) is 2. The van der Waals surface area contributed by atoms with Gasteiger partial charge in [0.2, 0.25) is 0 Å². The molecule has 1 aliphatic carbocycles. The fraction of sp³-hybridized carbons (Fsp3) is 0.364. The zero-order chi connectivity index (χ0) is 11.0. The van der Waals surface area contributed by atoms with Gasteiger partial charge in [0.15, 0.2) is 0 Å². The summed E-state index contributed by atoms with van der Waals surface area (Å²) in [7, 11) is 0. The van der Waals surface area contributed by atoms with E-state index in [1.54, 1.807) is 12.1 Å². The molecule has 17 heavy (non-hydrogen) atoms. The van der Waals surface area contributed by atoms with Crippen molar-refractivity contribution in [3.05, 3.63) is 23.3 Å². The van der Waals surface area contributed by atoms with Gasteiger partial charge >= 0.3 is 5.97 Å². The Morgan fingerprint density at radius 1 is 1.18 bits per heavy atom.